The summed E-state index contributed by atoms with van der Waals surface area (Å²) in [5, 5.41) is 21.9. The third-order valence-electron chi connectivity index (χ3n) is 11.6. The first kappa shape index (κ1) is 45.4. The van der Waals surface area contributed by atoms with Crippen LogP contribution >= 0.6 is 11.6 Å². The number of amides is 5. The van der Waals surface area contributed by atoms with Crippen LogP contribution in [0.15, 0.2) is 42.2 Å². The first-order chi connectivity index (χ1) is 30.4. The van der Waals surface area contributed by atoms with Gasteiger partial charge in [-0.25, -0.2) is 13.8 Å². The van der Waals surface area contributed by atoms with E-state index in [1.165, 1.54) is 17.0 Å². The Morgan fingerprint density at radius 1 is 1.02 bits per heavy atom. The van der Waals surface area contributed by atoms with Crippen molar-refractivity contribution in [3.63, 3.8) is 0 Å². The molecule has 0 bridgehead atoms. The molecule has 1 aliphatic carbocycles. The third-order valence-corrected chi connectivity index (χ3v) is 11.9. The summed E-state index contributed by atoms with van der Waals surface area (Å²) in [7, 11) is 1.66. The van der Waals surface area contributed by atoms with Gasteiger partial charge < -0.3 is 40.3 Å². The number of piperazine rings is 1. The van der Waals surface area contributed by atoms with Crippen LogP contribution in [0, 0.1) is 17.7 Å². The number of aromatic nitrogens is 2. The van der Waals surface area contributed by atoms with Gasteiger partial charge in [-0.2, -0.15) is 4.98 Å². The van der Waals surface area contributed by atoms with Crippen molar-refractivity contribution < 1.29 is 47.3 Å². The lowest BCUT2D eigenvalue weighted by Crippen LogP contribution is -2.54. The molecule has 7 rings (SSSR count). The quantitative estimate of drug-likeness (QED) is 0.0920. The summed E-state index contributed by atoms with van der Waals surface area (Å²) in [6.45, 7) is 5.85. The molecule has 20 heteroatoms. The lowest BCUT2D eigenvalue weighted by molar-refractivity contribution is -0.136. The van der Waals surface area contributed by atoms with Crippen molar-refractivity contribution in [2.75, 3.05) is 101 Å². The number of anilines is 3. The summed E-state index contributed by atoms with van der Waals surface area (Å²) in [6.07, 6.45) is 2.97. The van der Waals surface area contributed by atoms with Gasteiger partial charge in [-0.15, -0.1) is 0 Å². The van der Waals surface area contributed by atoms with Crippen LogP contribution in [-0.2, 0) is 23.9 Å². The monoisotopic (exact) mass is 893 g/mol. The van der Waals surface area contributed by atoms with Crippen molar-refractivity contribution in [2.24, 2.45) is 11.8 Å². The predicted octanol–water partition coefficient (Wildman–Crippen LogP) is 3.13. The van der Waals surface area contributed by atoms with E-state index in [0.717, 1.165) is 4.90 Å². The number of piperidine rings is 1. The van der Waals surface area contributed by atoms with Gasteiger partial charge in [0.1, 0.15) is 23.2 Å². The third kappa shape index (κ3) is 9.82. The summed E-state index contributed by atoms with van der Waals surface area (Å²) in [5.74, 6) is -4.31. The van der Waals surface area contributed by atoms with Crippen LogP contribution in [0.5, 0.6) is 0 Å². The van der Waals surface area contributed by atoms with E-state index >= 15 is 8.78 Å². The van der Waals surface area contributed by atoms with Gasteiger partial charge in [0.15, 0.2) is 5.82 Å². The number of hydrogen-bond donors (Lipinski definition) is 5. The van der Waals surface area contributed by atoms with Crippen LogP contribution in [0.2, 0.25) is 5.02 Å². The van der Waals surface area contributed by atoms with Crippen molar-refractivity contribution in [1.29, 1.82) is 0 Å². The highest BCUT2D eigenvalue weighted by molar-refractivity contribution is 6.33. The highest BCUT2D eigenvalue weighted by Crippen LogP contribution is 2.44. The zero-order chi connectivity index (χ0) is 44.8. The number of fused-ring (bicyclic) bond motifs is 2. The Bertz CT molecular complexity index is 2340. The van der Waals surface area contributed by atoms with Gasteiger partial charge in [-0.1, -0.05) is 30.7 Å². The second kappa shape index (κ2) is 20.3. The molecule has 4 heterocycles. The molecular formula is C43H50ClF2N9O8. The minimum absolute atomic E-state index is 0.0117. The lowest BCUT2D eigenvalue weighted by atomic mass is 9.80. The second-order valence-electron chi connectivity index (χ2n) is 15.6. The van der Waals surface area contributed by atoms with Crippen molar-refractivity contribution in [3.05, 3.63) is 69.8 Å². The van der Waals surface area contributed by atoms with E-state index < -0.39 is 53.2 Å². The summed E-state index contributed by atoms with van der Waals surface area (Å²) in [6, 6.07) is 5.34. The summed E-state index contributed by atoms with van der Waals surface area (Å²) >= 11 is 6.69. The topological polar surface area (TPSA) is 208 Å². The second-order valence-corrected chi connectivity index (χ2v) is 16.0. The number of allylic oxidation sites excluding steroid dienone is 3. The first-order valence-electron chi connectivity index (χ1n) is 21.0. The number of aliphatic hydroxyl groups excluding tert-OH is 1. The molecule has 1 aromatic heterocycles. The fraction of sp³-hybridized carbons (Fsp3) is 0.465. The Labute approximate surface area is 367 Å². The molecule has 5 N–H and O–H groups in total. The molecule has 0 radical (unpaired) electrons. The number of rotatable bonds is 18. The molecule has 2 aromatic carbocycles. The van der Waals surface area contributed by atoms with Crippen LogP contribution in [0.4, 0.5) is 26.2 Å². The van der Waals surface area contributed by atoms with E-state index in [1.807, 2.05) is 4.90 Å². The fourth-order valence-electron chi connectivity index (χ4n) is 8.13. The van der Waals surface area contributed by atoms with Gasteiger partial charge in [0, 0.05) is 100 Å². The molecule has 4 aliphatic rings. The molecule has 63 heavy (non-hydrogen) atoms. The van der Waals surface area contributed by atoms with E-state index in [0.29, 0.717) is 56.2 Å². The Balaban J connectivity index is 0.862. The maximum atomic E-state index is 16.6. The number of nitrogens with one attached hydrogen (secondary N) is 4. The molecule has 3 atom stereocenters. The highest BCUT2D eigenvalue weighted by Gasteiger charge is 2.45. The number of likely N-dealkylation sites (N-methyl/N-ethyl adjacent to an activating group) is 1. The Hall–Kier alpha value is -5.60. The average molecular weight is 894 g/mol. The molecule has 0 saturated carbocycles. The predicted molar refractivity (Wildman–Crippen MR) is 230 cm³/mol. The van der Waals surface area contributed by atoms with Crippen LogP contribution in [0.3, 0.4) is 0 Å². The number of imide groups is 2. The van der Waals surface area contributed by atoms with Gasteiger partial charge >= 0.3 is 0 Å². The fourth-order valence-corrected chi connectivity index (χ4v) is 8.42. The minimum Gasteiger partial charge on any atom is -0.396 e. The van der Waals surface area contributed by atoms with E-state index in [1.54, 1.807) is 38.2 Å². The van der Waals surface area contributed by atoms with E-state index in [9.17, 15) is 29.1 Å². The van der Waals surface area contributed by atoms with Crippen molar-refractivity contribution in [1.82, 2.24) is 30.4 Å². The first-order valence-corrected chi connectivity index (χ1v) is 21.3. The standard InChI is InChI=1S/C43H50ClF2N9O8/c1-24-25(23-56)6-7-29(45)34(24)36-28(44)22-27-38(37(36)46)51-43(52-39(27)54-15-12-47-13-16-54)49-11-10-33(58)53(2)17-19-63-21-20-62-18-14-48-30-5-3-4-26-35(30)42(61)55(41(26)60)31-8-9-32(57)50-40(31)59/h3-7,22,24-25,31,47-48,56H,8-21,23H2,1-2H3,(H,49,51,52)(H,50,57,59)/t24-,25-,31?/m0/s1. The number of carbonyl (C=O) groups is 5. The van der Waals surface area contributed by atoms with Crippen molar-refractivity contribution >= 4 is 75.1 Å². The molecular weight excluding hydrogens is 844 g/mol. The molecule has 17 nitrogen and oxygen atoms in total. The molecule has 3 aliphatic heterocycles. The van der Waals surface area contributed by atoms with Gasteiger partial charge in [-0.05, 0) is 36.6 Å². The van der Waals surface area contributed by atoms with Crippen molar-refractivity contribution in [2.45, 2.75) is 32.2 Å². The highest BCUT2D eigenvalue weighted by atomic mass is 35.5. The van der Waals surface area contributed by atoms with E-state index in [2.05, 4.69) is 26.3 Å². The van der Waals surface area contributed by atoms with Gasteiger partial charge in [0.2, 0.25) is 23.7 Å². The SMILES string of the molecule is C[C@@H]1C(c2c(Cl)cc3c(N4CCNCC4)nc(NCCC(=O)N(C)CCOCCOCCNc4cccc5c4C(=O)N(C4CCC(=O)NC4=O)C5=O)nc3c2F)=C(F)C=C[C@H]1CO. The molecule has 3 aromatic rings. The molecule has 5 amide bonds. The molecule has 0 spiro atoms. The Morgan fingerprint density at radius 2 is 1.78 bits per heavy atom. The normalized spacial score (nSPS) is 20.1. The number of halogens is 3. The zero-order valence-electron chi connectivity index (χ0n) is 35.0. The largest absolute Gasteiger partial charge is 0.396 e. The maximum Gasteiger partial charge on any atom is 0.264 e. The zero-order valence-corrected chi connectivity index (χ0v) is 35.7. The van der Waals surface area contributed by atoms with Gasteiger partial charge in [0.25, 0.3) is 11.8 Å². The number of carbonyl (C=O) groups excluding carboxylic acids is 5. The van der Waals surface area contributed by atoms with Crippen LogP contribution in [0.1, 0.15) is 52.5 Å². The molecule has 2 saturated heterocycles. The van der Waals surface area contributed by atoms with Gasteiger partial charge in [-0.3, -0.25) is 34.2 Å². The van der Waals surface area contributed by atoms with Crippen molar-refractivity contribution in [3.8, 4) is 0 Å². The average Bonchev–Trinajstić information content (AvgIpc) is 3.53. The molecule has 1 unspecified atom stereocenters. The number of aliphatic hydroxyl groups is 1. The van der Waals surface area contributed by atoms with E-state index in [4.69, 9.17) is 26.1 Å². The van der Waals surface area contributed by atoms with Crippen LogP contribution in [0.25, 0.3) is 16.5 Å². The summed E-state index contributed by atoms with van der Waals surface area (Å²) in [5.41, 5.74) is 0.682. The number of nitrogens with zero attached hydrogens (tertiary/aromatic N) is 5. The Kier molecular flexibility index (Phi) is 14.6. The number of benzene rings is 2. The van der Waals surface area contributed by atoms with Gasteiger partial charge in [0.05, 0.1) is 42.6 Å². The summed E-state index contributed by atoms with van der Waals surface area (Å²) < 4.78 is 43.2. The molecule has 336 valence electrons. The van der Waals surface area contributed by atoms with E-state index in [-0.39, 0.29) is 103 Å². The van der Waals surface area contributed by atoms with Crippen LogP contribution < -0.4 is 26.2 Å². The number of hydrogen-bond acceptors (Lipinski definition) is 14. The lowest BCUT2D eigenvalue weighted by Gasteiger charge is -2.30. The molecule has 2 fully saturated rings. The summed E-state index contributed by atoms with van der Waals surface area (Å²) in [4.78, 5) is 77.0. The minimum atomic E-state index is -1.05. The van der Waals surface area contributed by atoms with Crippen LogP contribution in [-0.4, -0.2) is 146 Å². The Morgan fingerprint density at radius 3 is 2.52 bits per heavy atom. The smallest absolute Gasteiger partial charge is 0.264 e. The number of ether oxygens (including phenoxy) is 2. The maximum absolute atomic E-state index is 16.6.